The zero-order valence-corrected chi connectivity index (χ0v) is 8.34. The monoisotopic (exact) mass is 186 g/mol. The molecule has 4 nitrogen and oxygen atoms in total. The van der Waals surface area contributed by atoms with Crippen molar-refractivity contribution < 1.29 is 19.1 Å². The van der Waals surface area contributed by atoms with E-state index in [-0.39, 0.29) is 18.2 Å². The number of carbonyl (C=O) groups is 3. The molecule has 0 aromatic rings. The molecule has 0 aliphatic carbocycles. The van der Waals surface area contributed by atoms with Crippen molar-refractivity contribution in [3.05, 3.63) is 0 Å². The summed E-state index contributed by atoms with van der Waals surface area (Å²) < 4.78 is 4.50. The summed E-state index contributed by atoms with van der Waals surface area (Å²) in [4.78, 5) is 32.7. The fraction of sp³-hybridized carbons (Fsp3) is 0.667. The topological polar surface area (TPSA) is 60.4 Å². The Hall–Kier alpha value is -1.19. The average Bonchev–Trinajstić information content (AvgIpc) is 1.99. The van der Waals surface area contributed by atoms with Gasteiger partial charge in [0.15, 0.2) is 12.4 Å². The Balaban J connectivity index is 4.26. The Morgan fingerprint density at radius 2 is 1.62 bits per heavy atom. The van der Waals surface area contributed by atoms with Crippen molar-refractivity contribution >= 4 is 17.5 Å². The molecule has 0 aliphatic rings. The van der Waals surface area contributed by atoms with Gasteiger partial charge in [0, 0.05) is 6.92 Å². The Labute approximate surface area is 77.3 Å². The summed E-state index contributed by atoms with van der Waals surface area (Å²) in [5, 5.41) is 0. The van der Waals surface area contributed by atoms with E-state index in [0.717, 1.165) is 0 Å². The third-order valence-corrected chi connectivity index (χ3v) is 1.98. The van der Waals surface area contributed by atoms with Gasteiger partial charge in [-0.3, -0.25) is 14.4 Å². The van der Waals surface area contributed by atoms with Gasteiger partial charge < -0.3 is 4.74 Å². The van der Waals surface area contributed by atoms with E-state index in [2.05, 4.69) is 4.74 Å². The summed E-state index contributed by atoms with van der Waals surface area (Å²) >= 11 is 0. The first-order chi connectivity index (χ1) is 5.78. The van der Waals surface area contributed by atoms with Crippen LogP contribution in [-0.2, 0) is 19.1 Å². The van der Waals surface area contributed by atoms with Gasteiger partial charge in [0.1, 0.15) is 5.78 Å². The number of rotatable bonds is 4. The van der Waals surface area contributed by atoms with Crippen LogP contribution in [0.1, 0.15) is 27.7 Å². The van der Waals surface area contributed by atoms with Gasteiger partial charge in [0.2, 0.25) is 0 Å². The SMILES string of the molecule is CC(=O)OCC(=O)C(C)(C)C(C)=O. The maximum absolute atomic E-state index is 11.3. The molecule has 0 rings (SSSR count). The molecule has 0 aliphatic heterocycles. The van der Waals surface area contributed by atoms with Crippen LogP contribution in [0.15, 0.2) is 0 Å². The van der Waals surface area contributed by atoms with Gasteiger partial charge in [-0.05, 0) is 20.8 Å². The van der Waals surface area contributed by atoms with Crippen molar-refractivity contribution in [2.45, 2.75) is 27.7 Å². The van der Waals surface area contributed by atoms with E-state index < -0.39 is 11.4 Å². The van der Waals surface area contributed by atoms with Crippen LogP contribution >= 0.6 is 0 Å². The van der Waals surface area contributed by atoms with Crippen LogP contribution in [0.25, 0.3) is 0 Å². The minimum Gasteiger partial charge on any atom is -0.458 e. The summed E-state index contributed by atoms with van der Waals surface area (Å²) in [7, 11) is 0. The third kappa shape index (κ3) is 3.36. The molecule has 0 fully saturated rings. The largest absolute Gasteiger partial charge is 0.458 e. The van der Waals surface area contributed by atoms with E-state index in [4.69, 9.17) is 0 Å². The lowest BCUT2D eigenvalue weighted by molar-refractivity contribution is -0.150. The average molecular weight is 186 g/mol. The molecule has 0 heterocycles. The molecule has 0 radical (unpaired) electrons. The molecule has 0 aromatic carbocycles. The molecule has 0 saturated heterocycles. The minimum atomic E-state index is -1.06. The molecule has 0 spiro atoms. The van der Waals surface area contributed by atoms with Crippen molar-refractivity contribution in [3.63, 3.8) is 0 Å². The van der Waals surface area contributed by atoms with Gasteiger partial charge in [-0.2, -0.15) is 0 Å². The van der Waals surface area contributed by atoms with Gasteiger partial charge >= 0.3 is 5.97 Å². The maximum atomic E-state index is 11.3. The number of Topliss-reactive ketones (excluding diaryl/α,β-unsaturated/α-hetero) is 2. The summed E-state index contributed by atoms with van der Waals surface area (Å²) in [6.07, 6.45) is 0. The van der Waals surface area contributed by atoms with Crippen LogP contribution in [0.4, 0.5) is 0 Å². The van der Waals surface area contributed by atoms with Gasteiger partial charge in [0.05, 0.1) is 5.41 Å². The normalized spacial score (nSPS) is 10.8. The Bertz CT molecular complexity index is 240. The van der Waals surface area contributed by atoms with E-state index in [0.29, 0.717) is 0 Å². The molecule has 13 heavy (non-hydrogen) atoms. The number of hydrogen-bond acceptors (Lipinski definition) is 4. The third-order valence-electron chi connectivity index (χ3n) is 1.98. The molecule has 0 aromatic heterocycles. The van der Waals surface area contributed by atoms with Gasteiger partial charge in [0.25, 0.3) is 0 Å². The Kier molecular flexibility index (Phi) is 3.78. The molecule has 0 bridgehead atoms. The smallest absolute Gasteiger partial charge is 0.303 e. The van der Waals surface area contributed by atoms with Crippen LogP contribution in [0, 0.1) is 5.41 Å². The number of ketones is 2. The fourth-order valence-electron chi connectivity index (χ4n) is 0.544. The second kappa shape index (κ2) is 4.16. The molecule has 0 atom stereocenters. The lowest BCUT2D eigenvalue weighted by Crippen LogP contribution is -2.35. The fourth-order valence-corrected chi connectivity index (χ4v) is 0.544. The highest BCUT2D eigenvalue weighted by Crippen LogP contribution is 2.17. The van der Waals surface area contributed by atoms with Gasteiger partial charge in [-0.15, -0.1) is 0 Å². The van der Waals surface area contributed by atoms with E-state index in [1.165, 1.54) is 27.7 Å². The van der Waals surface area contributed by atoms with Crippen LogP contribution < -0.4 is 0 Å². The second-order valence-corrected chi connectivity index (χ2v) is 3.38. The van der Waals surface area contributed by atoms with E-state index >= 15 is 0 Å². The molecular formula is C9H14O4. The van der Waals surface area contributed by atoms with Gasteiger partial charge in [-0.1, -0.05) is 0 Å². The molecule has 0 N–H and O–H groups in total. The number of carbonyl (C=O) groups excluding carboxylic acids is 3. The Morgan fingerprint density at radius 1 is 1.15 bits per heavy atom. The minimum absolute atomic E-state index is 0.232. The van der Waals surface area contributed by atoms with E-state index in [1.807, 2.05) is 0 Å². The molecule has 0 unspecified atom stereocenters. The standard InChI is InChI=1S/C9H14O4/c1-6(10)9(3,4)8(12)5-13-7(2)11/h5H2,1-4H3. The number of ether oxygens (including phenoxy) is 1. The molecule has 0 saturated carbocycles. The maximum Gasteiger partial charge on any atom is 0.303 e. The number of hydrogen-bond donors (Lipinski definition) is 0. The Morgan fingerprint density at radius 3 is 1.92 bits per heavy atom. The van der Waals surface area contributed by atoms with Crippen molar-refractivity contribution in [3.8, 4) is 0 Å². The van der Waals surface area contributed by atoms with Crippen molar-refractivity contribution in [1.29, 1.82) is 0 Å². The number of esters is 1. The highest BCUT2D eigenvalue weighted by atomic mass is 16.5. The first kappa shape index (κ1) is 11.8. The quantitative estimate of drug-likeness (QED) is 0.479. The van der Waals surface area contributed by atoms with Gasteiger partial charge in [-0.25, -0.2) is 0 Å². The summed E-state index contributed by atoms with van der Waals surface area (Å²) in [5.74, 6) is -1.13. The van der Waals surface area contributed by atoms with Crippen LogP contribution in [0.2, 0.25) is 0 Å². The molecule has 4 heteroatoms. The predicted molar refractivity (Wildman–Crippen MR) is 46.1 cm³/mol. The highest BCUT2D eigenvalue weighted by Gasteiger charge is 2.32. The molecule has 74 valence electrons. The molecular weight excluding hydrogens is 172 g/mol. The van der Waals surface area contributed by atoms with Crippen LogP contribution in [-0.4, -0.2) is 24.1 Å². The zero-order chi connectivity index (χ0) is 10.6. The first-order valence-electron chi connectivity index (χ1n) is 3.96. The van der Waals surface area contributed by atoms with Crippen LogP contribution in [0.3, 0.4) is 0 Å². The summed E-state index contributed by atoms with van der Waals surface area (Å²) in [6, 6.07) is 0. The van der Waals surface area contributed by atoms with E-state index in [9.17, 15) is 14.4 Å². The lowest BCUT2D eigenvalue weighted by Gasteiger charge is -2.18. The summed E-state index contributed by atoms with van der Waals surface area (Å²) in [5.41, 5.74) is -1.06. The lowest BCUT2D eigenvalue weighted by atomic mass is 9.84. The van der Waals surface area contributed by atoms with E-state index in [1.54, 1.807) is 0 Å². The first-order valence-corrected chi connectivity index (χ1v) is 3.96. The van der Waals surface area contributed by atoms with Crippen molar-refractivity contribution in [2.24, 2.45) is 5.41 Å². The summed E-state index contributed by atoms with van der Waals surface area (Å²) in [6.45, 7) is 5.25. The second-order valence-electron chi connectivity index (χ2n) is 3.38. The molecule has 0 amide bonds. The van der Waals surface area contributed by atoms with Crippen molar-refractivity contribution in [1.82, 2.24) is 0 Å². The van der Waals surface area contributed by atoms with Crippen molar-refractivity contribution in [2.75, 3.05) is 6.61 Å². The zero-order valence-electron chi connectivity index (χ0n) is 8.34. The van der Waals surface area contributed by atoms with Crippen LogP contribution in [0.5, 0.6) is 0 Å². The predicted octanol–water partition coefficient (Wildman–Crippen LogP) is 0.734. The highest BCUT2D eigenvalue weighted by molar-refractivity contribution is 6.06.